The quantitative estimate of drug-likeness (QED) is 0.398. The largest absolute Gasteiger partial charge is 0.417 e. The van der Waals surface area contributed by atoms with Gasteiger partial charge in [-0.2, -0.15) is 21.6 Å². The van der Waals surface area contributed by atoms with Gasteiger partial charge < -0.3 is 9.05 Å². The zero-order chi connectivity index (χ0) is 18.8. The van der Waals surface area contributed by atoms with Gasteiger partial charge in [0.05, 0.1) is 11.7 Å². The molecule has 12 heteroatoms. The molecule has 0 aliphatic carbocycles. The fraction of sp³-hybridized carbons (Fsp3) is 0.500. The molecule has 0 saturated heterocycles. The Morgan fingerprint density at radius 2 is 1.83 bits per heavy atom. The van der Waals surface area contributed by atoms with Crippen molar-refractivity contribution >= 4 is 17.7 Å². The second kappa shape index (κ2) is 7.49. The van der Waals surface area contributed by atoms with Crippen LogP contribution in [0.2, 0.25) is 0 Å². The molecule has 1 unspecified atom stereocenters. The van der Waals surface area contributed by atoms with Crippen LogP contribution < -0.4 is 0 Å². The van der Waals surface area contributed by atoms with Crippen LogP contribution in [0, 0.1) is 5.82 Å². The van der Waals surface area contributed by atoms with Crippen molar-refractivity contribution in [2.24, 2.45) is 0 Å². The van der Waals surface area contributed by atoms with Crippen LogP contribution in [0.3, 0.4) is 0 Å². The summed E-state index contributed by atoms with van der Waals surface area (Å²) in [5.41, 5.74) is -1.74. The summed E-state index contributed by atoms with van der Waals surface area (Å²) in [7, 11) is -8.31. The fourth-order valence-electron chi connectivity index (χ4n) is 1.63. The lowest BCUT2D eigenvalue weighted by atomic mass is 10.2. The Morgan fingerprint density at radius 1 is 1.25 bits per heavy atom. The standard InChI is InChI=1S/C12H15F4O6PS/c1-8(2)22-23(17,20-3)7-21-24(18,19)11-9(12(14,15)16)5-4-6-10(11)13/h4-6,8H,7H2,1-3H3. The predicted molar refractivity (Wildman–Crippen MR) is 75.4 cm³/mol. The summed E-state index contributed by atoms with van der Waals surface area (Å²) in [5, 5.41) is 0. The van der Waals surface area contributed by atoms with Crippen molar-refractivity contribution in [2.75, 3.05) is 13.5 Å². The van der Waals surface area contributed by atoms with Crippen molar-refractivity contribution in [1.29, 1.82) is 0 Å². The first kappa shape index (κ1) is 21.0. The lowest BCUT2D eigenvalue weighted by molar-refractivity contribution is -0.140. The van der Waals surface area contributed by atoms with Gasteiger partial charge in [0, 0.05) is 7.11 Å². The highest BCUT2D eigenvalue weighted by atomic mass is 32.2. The average molecular weight is 394 g/mol. The van der Waals surface area contributed by atoms with Gasteiger partial charge in [-0.1, -0.05) is 6.07 Å². The monoisotopic (exact) mass is 394 g/mol. The molecule has 1 aromatic carbocycles. The SMILES string of the molecule is COP(=O)(COS(=O)(=O)c1c(F)cccc1C(F)(F)F)OC(C)C. The molecule has 0 spiro atoms. The Morgan fingerprint density at radius 3 is 2.29 bits per heavy atom. The molecule has 0 fully saturated rings. The van der Waals surface area contributed by atoms with Crippen molar-refractivity contribution in [3.8, 4) is 0 Å². The molecule has 1 rings (SSSR count). The molecule has 0 heterocycles. The van der Waals surface area contributed by atoms with Crippen LogP contribution >= 0.6 is 7.60 Å². The Labute approximate surface area is 136 Å². The van der Waals surface area contributed by atoms with E-state index in [1.54, 1.807) is 0 Å². The highest BCUT2D eigenvalue weighted by Crippen LogP contribution is 2.49. The maximum absolute atomic E-state index is 13.7. The Hall–Kier alpha value is -1.00. The van der Waals surface area contributed by atoms with E-state index in [0.717, 1.165) is 7.11 Å². The van der Waals surface area contributed by atoms with E-state index in [9.17, 15) is 30.5 Å². The minimum Gasteiger partial charge on any atom is -0.310 e. The zero-order valence-electron chi connectivity index (χ0n) is 12.8. The Kier molecular flexibility index (Phi) is 6.56. The van der Waals surface area contributed by atoms with Gasteiger partial charge in [0.25, 0.3) is 0 Å². The van der Waals surface area contributed by atoms with Crippen molar-refractivity contribution in [1.82, 2.24) is 0 Å². The smallest absolute Gasteiger partial charge is 0.310 e. The van der Waals surface area contributed by atoms with Gasteiger partial charge in [-0.05, 0) is 26.0 Å². The van der Waals surface area contributed by atoms with Crippen LogP contribution in [-0.4, -0.2) is 28.0 Å². The number of rotatable bonds is 7. The van der Waals surface area contributed by atoms with E-state index in [2.05, 4.69) is 8.71 Å². The van der Waals surface area contributed by atoms with E-state index < -0.39 is 52.6 Å². The maximum Gasteiger partial charge on any atom is 0.417 e. The van der Waals surface area contributed by atoms with Crippen LogP contribution in [0.5, 0.6) is 0 Å². The normalized spacial score (nSPS) is 15.5. The summed E-state index contributed by atoms with van der Waals surface area (Å²) in [5.74, 6) is -1.65. The minimum absolute atomic E-state index is 0.389. The summed E-state index contributed by atoms with van der Waals surface area (Å²) in [6.45, 7) is 2.94. The van der Waals surface area contributed by atoms with Gasteiger partial charge in [0.2, 0.25) is 0 Å². The van der Waals surface area contributed by atoms with Gasteiger partial charge in [0.15, 0.2) is 6.35 Å². The molecule has 24 heavy (non-hydrogen) atoms. The van der Waals surface area contributed by atoms with Gasteiger partial charge in [-0.3, -0.25) is 8.75 Å². The average Bonchev–Trinajstić information content (AvgIpc) is 2.43. The van der Waals surface area contributed by atoms with Crippen molar-refractivity contribution in [3.63, 3.8) is 0 Å². The van der Waals surface area contributed by atoms with Crippen LogP contribution in [0.4, 0.5) is 17.6 Å². The van der Waals surface area contributed by atoms with Crippen LogP contribution in [0.25, 0.3) is 0 Å². The second-order valence-electron chi connectivity index (χ2n) is 4.76. The predicted octanol–water partition coefficient (Wildman–Crippen LogP) is 3.77. The molecule has 6 nitrogen and oxygen atoms in total. The summed E-state index contributed by atoms with van der Waals surface area (Å²) in [6, 6.07) is 1.63. The molecule has 0 amide bonds. The third-order valence-electron chi connectivity index (χ3n) is 2.54. The zero-order valence-corrected chi connectivity index (χ0v) is 14.5. The molecule has 0 aliphatic heterocycles. The lowest BCUT2D eigenvalue weighted by Crippen LogP contribution is -2.18. The number of alkyl halides is 3. The third-order valence-corrected chi connectivity index (χ3v) is 5.80. The molecule has 138 valence electrons. The van der Waals surface area contributed by atoms with Crippen LogP contribution in [0.15, 0.2) is 23.1 Å². The van der Waals surface area contributed by atoms with Crippen LogP contribution in [-0.2, 0) is 34.1 Å². The van der Waals surface area contributed by atoms with E-state index in [0.29, 0.717) is 18.2 Å². The van der Waals surface area contributed by atoms with Crippen molar-refractivity contribution in [3.05, 3.63) is 29.6 Å². The van der Waals surface area contributed by atoms with E-state index >= 15 is 0 Å². The van der Waals surface area contributed by atoms with E-state index in [4.69, 9.17) is 4.52 Å². The van der Waals surface area contributed by atoms with E-state index in [-0.39, 0.29) is 0 Å². The number of benzene rings is 1. The van der Waals surface area contributed by atoms with Crippen molar-refractivity contribution in [2.45, 2.75) is 31.0 Å². The van der Waals surface area contributed by atoms with E-state index in [1.165, 1.54) is 13.8 Å². The van der Waals surface area contributed by atoms with Crippen LogP contribution in [0.1, 0.15) is 19.4 Å². The van der Waals surface area contributed by atoms with Gasteiger partial charge in [-0.25, -0.2) is 4.39 Å². The lowest BCUT2D eigenvalue weighted by Gasteiger charge is -2.19. The fourth-order valence-corrected chi connectivity index (χ4v) is 4.47. The van der Waals surface area contributed by atoms with Gasteiger partial charge in [-0.15, -0.1) is 0 Å². The molecule has 0 aromatic heterocycles. The maximum atomic E-state index is 13.7. The van der Waals surface area contributed by atoms with Crippen molar-refractivity contribution < 1.29 is 43.8 Å². The number of hydrogen-bond donors (Lipinski definition) is 0. The summed E-state index contributed by atoms with van der Waals surface area (Å²) in [6.07, 6.45) is -6.97. The molecule has 0 bridgehead atoms. The Bertz CT molecular complexity index is 732. The molecule has 1 aromatic rings. The molecule has 0 radical (unpaired) electrons. The molecule has 0 N–H and O–H groups in total. The first-order valence-corrected chi connectivity index (χ1v) is 9.54. The van der Waals surface area contributed by atoms with E-state index in [1.807, 2.05) is 0 Å². The second-order valence-corrected chi connectivity index (χ2v) is 8.37. The summed E-state index contributed by atoms with van der Waals surface area (Å²) >= 11 is 0. The summed E-state index contributed by atoms with van der Waals surface area (Å²) < 4.78 is 102. The third kappa shape index (κ3) is 5.25. The number of hydrogen-bond acceptors (Lipinski definition) is 6. The minimum atomic E-state index is -5.21. The molecule has 0 aliphatic rings. The molecule has 0 saturated carbocycles. The highest BCUT2D eigenvalue weighted by molar-refractivity contribution is 7.87. The molecular weight excluding hydrogens is 379 g/mol. The molecule has 1 atom stereocenters. The topological polar surface area (TPSA) is 78.9 Å². The first-order chi connectivity index (χ1) is 10.8. The number of halogens is 4. The Balaban J connectivity index is 3.21. The highest BCUT2D eigenvalue weighted by Gasteiger charge is 2.40. The van der Waals surface area contributed by atoms with Gasteiger partial charge in [0.1, 0.15) is 10.7 Å². The molecular formula is C12H15F4O6PS. The first-order valence-electron chi connectivity index (χ1n) is 6.41. The summed E-state index contributed by atoms with van der Waals surface area (Å²) in [4.78, 5) is -1.69. The van der Waals surface area contributed by atoms with Gasteiger partial charge >= 0.3 is 23.9 Å².